The standard InChI is InChI=1S/C15H15BrF2N2O2S/c1-20(7-10-6-13(16)23-9-10)8-14(21)19-11-4-2-3-5-12(11)22-15(17)18/h2-6,9,15H,7-8H2,1H3,(H,19,21). The van der Waals surface area contributed by atoms with E-state index < -0.39 is 6.61 Å². The number of likely N-dealkylation sites (N-methyl/N-ethyl adjacent to an activating group) is 1. The molecule has 2 aromatic rings. The van der Waals surface area contributed by atoms with E-state index in [1.165, 1.54) is 12.1 Å². The van der Waals surface area contributed by atoms with Crippen LogP contribution in [0.5, 0.6) is 5.75 Å². The summed E-state index contributed by atoms with van der Waals surface area (Å²) in [5, 5.41) is 4.60. The molecule has 0 saturated heterocycles. The summed E-state index contributed by atoms with van der Waals surface area (Å²) >= 11 is 4.97. The van der Waals surface area contributed by atoms with Gasteiger partial charge in [-0.15, -0.1) is 11.3 Å². The number of carbonyl (C=O) groups is 1. The number of ether oxygens (including phenoxy) is 1. The predicted octanol–water partition coefficient (Wildman–Crippen LogP) is 4.18. The minimum Gasteiger partial charge on any atom is -0.433 e. The second kappa shape index (κ2) is 8.37. The van der Waals surface area contributed by atoms with Crippen LogP contribution in [0.2, 0.25) is 0 Å². The summed E-state index contributed by atoms with van der Waals surface area (Å²) in [6, 6.07) is 8.10. The van der Waals surface area contributed by atoms with Crippen molar-refractivity contribution in [3.05, 3.63) is 45.1 Å². The van der Waals surface area contributed by atoms with Crippen LogP contribution < -0.4 is 10.1 Å². The van der Waals surface area contributed by atoms with E-state index in [-0.39, 0.29) is 23.9 Å². The minimum atomic E-state index is -2.94. The maximum atomic E-state index is 12.3. The van der Waals surface area contributed by atoms with E-state index in [1.807, 2.05) is 23.4 Å². The molecule has 0 atom stereocenters. The number of carbonyl (C=O) groups excluding carboxylic acids is 1. The maximum absolute atomic E-state index is 12.3. The van der Waals surface area contributed by atoms with Crippen molar-refractivity contribution in [2.45, 2.75) is 13.2 Å². The molecule has 1 aromatic carbocycles. The number of halogens is 3. The summed E-state index contributed by atoms with van der Waals surface area (Å²) < 4.78 is 30.1. The van der Waals surface area contributed by atoms with Gasteiger partial charge in [0, 0.05) is 6.54 Å². The molecule has 0 aliphatic carbocycles. The number of thiophene rings is 1. The molecule has 0 unspecified atom stereocenters. The fraction of sp³-hybridized carbons (Fsp3) is 0.267. The molecule has 0 radical (unpaired) electrons. The van der Waals surface area contributed by atoms with Crippen molar-refractivity contribution < 1.29 is 18.3 Å². The van der Waals surface area contributed by atoms with E-state index >= 15 is 0 Å². The summed E-state index contributed by atoms with van der Waals surface area (Å²) in [5.41, 5.74) is 1.32. The molecule has 1 amide bonds. The second-order valence-corrected chi connectivity index (χ2v) is 7.14. The Balaban J connectivity index is 1.91. The highest BCUT2D eigenvalue weighted by atomic mass is 79.9. The minimum absolute atomic E-state index is 0.0553. The Hall–Kier alpha value is -1.51. The van der Waals surface area contributed by atoms with Crippen molar-refractivity contribution in [1.29, 1.82) is 0 Å². The van der Waals surface area contributed by atoms with Gasteiger partial charge in [-0.1, -0.05) is 12.1 Å². The maximum Gasteiger partial charge on any atom is 0.387 e. The van der Waals surface area contributed by atoms with Crippen molar-refractivity contribution in [2.75, 3.05) is 18.9 Å². The number of rotatable bonds is 7. The van der Waals surface area contributed by atoms with Crippen LogP contribution in [0.1, 0.15) is 5.56 Å². The number of nitrogens with zero attached hydrogens (tertiary/aromatic N) is 1. The summed E-state index contributed by atoms with van der Waals surface area (Å²) in [5.74, 6) is -0.354. The number of nitrogens with one attached hydrogen (secondary N) is 1. The quantitative estimate of drug-likeness (QED) is 0.752. The first-order valence-electron chi connectivity index (χ1n) is 6.69. The zero-order valence-corrected chi connectivity index (χ0v) is 14.7. The lowest BCUT2D eigenvalue weighted by Crippen LogP contribution is -2.29. The van der Waals surface area contributed by atoms with Crippen molar-refractivity contribution >= 4 is 38.9 Å². The third-order valence-corrected chi connectivity index (χ3v) is 4.42. The van der Waals surface area contributed by atoms with Crippen LogP contribution in [0.15, 0.2) is 39.5 Å². The Labute approximate surface area is 145 Å². The van der Waals surface area contributed by atoms with E-state index in [1.54, 1.807) is 23.5 Å². The van der Waals surface area contributed by atoms with Gasteiger partial charge in [0.2, 0.25) is 5.91 Å². The Morgan fingerprint density at radius 3 is 2.83 bits per heavy atom. The Morgan fingerprint density at radius 2 is 2.17 bits per heavy atom. The van der Waals surface area contributed by atoms with E-state index in [4.69, 9.17) is 0 Å². The monoisotopic (exact) mass is 404 g/mol. The summed E-state index contributed by atoms with van der Waals surface area (Å²) in [7, 11) is 1.81. The molecule has 4 nitrogen and oxygen atoms in total. The third-order valence-electron chi connectivity index (χ3n) is 2.86. The van der Waals surface area contributed by atoms with Gasteiger partial charge in [-0.05, 0) is 52.1 Å². The normalized spacial score (nSPS) is 11.0. The zero-order chi connectivity index (χ0) is 16.8. The lowest BCUT2D eigenvalue weighted by atomic mass is 10.3. The van der Waals surface area contributed by atoms with Crippen molar-refractivity contribution in [1.82, 2.24) is 4.90 Å². The molecule has 0 aliphatic rings. The lowest BCUT2D eigenvalue weighted by molar-refractivity contribution is -0.117. The van der Waals surface area contributed by atoms with Gasteiger partial charge < -0.3 is 10.1 Å². The zero-order valence-electron chi connectivity index (χ0n) is 12.3. The van der Waals surface area contributed by atoms with Gasteiger partial charge >= 0.3 is 6.61 Å². The highest BCUT2D eigenvalue weighted by Gasteiger charge is 2.13. The number of para-hydroxylation sites is 2. The van der Waals surface area contributed by atoms with E-state index in [0.29, 0.717) is 6.54 Å². The molecule has 8 heteroatoms. The van der Waals surface area contributed by atoms with Crippen molar-refractivity contribution in [3.8, 4) is 5.75 Å². The highest BCUT2D eigenvalue weighted by molar-refractivity contribution is 9.11. The molecule has 1 aromatic heterocycles. The molecule has 1 N–H and O–H groups in total. The Morgan fingerprint density at radius 1 is 1.43 bits per heavy atom. The van der Waals surface area contributed by atoms with E-state index in [2.05, 4.69) is 26.0 Å². The first-order valence-corrected chi connectivity index (χ1v) is 8.36. The number of amides is 1. The molecule has 0 bridgehead atoms. The van der Waals surface area contributed by atoms with Crippen molar-refractivity contribution in [3.63, 3.8) is 0 Å². The number of anilines is 1. The van der Waals surface area contributed by atoms with E-state index in [9.17, 15) is 13.6 Å². The first-order chi connectivity index (χ1) is 10.9. The van der Waals surface area contributed by atoms with Gasteiger partial charge in [0.25, 0.3) is 0 Å². The van der Waals surface area contributed by atoms with Gasteiger partial charge in [-0.25, -0.2) is 0 Å². The molecule has 0 saturated carbocycles. The van der Waals surface area contributed by atoms with Gasteiger partial charge in [-0.3, -0.25) is 9.69 Å². The van der Waals surface area contributed by atoms with Crippen LogP contribution >= 0.6 is 27.3 Å². The van der Waals surface area contributed by atoms with Gasteiger partial charge in [0.15, 0.2) is 0 Å². The summed E-state index contributed by atoms with van der Waals surface area (Å²) in [4.78, 5) is 13.9. The number of hydrogen-bond acceptors (Lipinski definition) is 4. The van der Waals surface area contributed by atoms with Crippen LogP contribution in [-0.4, -0.2) is 31.0 Å². The topological polar surface area (TPSA) is 41.6 Å². The SMILES string of the molecule is CN(CC(=O)Nc1ccccc1OC(F)F)Cc1csc(Br)c1. The second-order valence-electron chi connectivity index (χ2n) is 4.85. The average Bonchev–Trinajstić information content (AvgIpc) is 2.85. The van der Waals surface area contributed by atoms with Crippen LogP contribution in [0.3, 0.4) is 0 Å². The molecular weight excluding hydrogens is 390 g/mol. The Bertz CT molecular complexity index is 666. The lowest BCUT2D eigenvalue weighted by Gasteiger charge is -2.16. The first kappa shape index (κ1) is 17.8. The van der Waals surface area contributed by atoms with Gasteiger partial charge in [0.05, 0.1) is 16.0 Å². The van der Waals surface area contributed by atoms with Crippen LogP contribution in [-0.2, 0) is 11.3 Å². The van der Waals surface area contributed by atoms with Gasteiger partial charge in [-0.2, -0.15) is 8.78 Å². The molecule has 0 aliphatic heterocycles. The van der Waals surface area contributed by atoms with Crippen molar-refractivity contribution in [2.24, 2.45) is 0 Å². The third kappa shape index (κ3) is 5.89. The fourth-order valence-electron chi connectivity index (χ4n) is 2.00. The highest BCUT2D eigenvalue weighted by Crippen LogP contribution is 2.25. The van der Waals surface area contributed by atoms with E-state index in [0.717, 1.165) is 9.35 Å². The molecule has 23 heavy (non-hydrogen) atoms. The largest absolute Gasteiger partial charge is 0.433 e. The molecule has 0 spiro atoms. The molecule has 1 heterocycles. The number of benzene rings is 1. The molecule has 0 fully saturated rings. The fourth-order valence-corrected chi connectivity index (χ4v) is 3.20. The predicted molar refractivity (Wildman–Crippen MR) is 90.1 cm³/mol. The average molecular weight is 405 g/mol. The Kier molecular flexibility index (Phi) is 6.49. The van der Waals surface area contributed by atoms with Crippen LogP contribution in [0.4, 0.5) is 14.5 Å². The molecular formula is C15H15BrF2N2O2S. The smallest absolute Gasteiger partial charge is 0.387 e. The number of alkyl halides is 2. The molecule has 124 valence electrons. The van der Waals surface area contributed by atoms with Gasteiger partial charge in [0.1, 0.15) is 5.75 Å². The summed E-state index contributed by atoms with van der Waals surface area (Å²) in [6.45, 7) is -2.19. The van der Waals surface area contributed by atoms with Crippen LogP contribution in [0.25, 0.3) is 0 Å². The molecule has 2 rings (SSSR count). The van der Waals surface area contributed by atoms with Crippen LogP contribution in [0, 0.1) is 0 Å². The summed E-state index contributed by atoms with van der Waals surface area (Å²) in [6.07, 6.45) is 0. The number of hydrogen-bond donors (Lipinski definition) is 1.